The zero-order valence-corrected chi connectivity index (χ0v) is 32.7. The predicted molar refractivity (Wildman–Crippen MR) is 252 cm³/mol. The van der Waals surface area contributed by atoms with Gasteiger partial charge in [-0.2, -0.15) is 0 Å². The first-order valence-electron chi connectivity index (χ1n) is 20.5. The average molecular weight is 764 g/mol. The van der Waals surface area contributed by atoms with Crippen molar-refractivity contribution in [3.8, 4) is 56.1 Å². The third-order valence-corrected chi connectivity index (χ3v) is 12.1. The monoisotopic (exact) mass is 763 g/mol. The molecule has 3 nitrogen and oxygen atoms in total. The minimum absolute atomic E-state index is 0.947. The van der Waals surface area contributed by atoms with E-state index in [0.717, 1.165) is 33.8 Å². The summed E-state index contributed by atoms with van der Waals surface area (Å²) in [4.78, 5) is 5.20. The van der Waals surface area contributed by atoms with Crippen LogP contribution in [0.4, 0.5) is 0 Å². The van der Waals surface area contributed by atoms with Crippen LogP contribution in [0.3, 0.4) is 0 Å². The van der Waals surface area contributed by atoms with Crippen LogP contribution in [0.2, 0.25) is 0 Å². The average Bonchev–Trinajstić information content (AvgIpc) is 3.84. The molecule has 0 unspecified atom stereocenters. The number of nitrogens with zero attached hydrogens (tertiary/aromatic N) is 3. The molecule has 60 heavy (non-hydrogen) atoms. The van der Waals surface area contributed by atoms with Crippen LogP contribution in [0.5, 0.6) is 0 Å². The topological polar surface area (TPSA) is 22.8 Å². The molecule has 3 aromatic heterocycles. The molecule has 0 aliphatic heterocycles. The molecule has 0 fully saturated rings. The molecule has 3 heterocycles. The number of rotatable bonds is 6. The molecule has 0 atom stereocenters. The maximum absolute atomic E-state index is 5.20. The maximum atomic E-state index is 5.20. The summed E-state index contributed by atoms with van der Waals surface area (Å²) in [6, 6.07) is 81.0. The highest BCUT2D eigenvalue weighted by Crippen LogP contribution is 2.40. The van der Waals surface area contributed by atoms with Gasteiger partial charge in [-0.3, -0.25) is 0 Å². The Morgan fingerprint density at radius 1 is 0.267 bits per heavy atom. The molecule has 280 valence electrons. The lowest BCUT2D eigenvalue weighted by Gasteiger charge is -2.13. The van der Waals surface area contributed by atoms with Crippen LogP contribution >= 0.6 is 0 Å². The molecule has 0 aliphatic rings. The van der Waals surface area contributed by atoms with Crippen molar-refractivity contribution in [1.82, 2.24) is 14.1 Å². The van der Waals surface area contributed by atoms with E-state index in [-0.39, 0.29) is 0 Å². The summed E-state index contributed by atoms with van der Waals surface area (Å²) in [6.45, 7) is 0. The normalized spacial score (nSPS) is 11.7. The minimum atomic E-state index is 0.947. The van der Waals surface area contributed by atoms with Crippen molar-refractivity contribution in [3.63, 3.8) is 0 Å². The molecule has 0 bridgehead atoms. The summed E-state index contributed by atoms with van der Waals surface area (Å²) in [5.74, 6) is 0. The molecule has 9 aromatic carbocycles. The second kappa shape index (κ2) is 13.8. The maximum Gasteiger partial charge on any atom is 0.0715 e. The lowest BCUT2D eigenvalue weighted by Crippen LogP contribution is -1.96. The number of benzene rings is 9. The Hall–Kier alpha value is -8.01. The highest BCUT2D eigenvalue weighted by molar-refractivity contribution is 6.13. The molecule has 0 aliphatic carbocycles. The fourth-order valence-electron chi connectivity index (χ4n) is 9.26. The lowest BCUT2D eigenvalue weighted by molar-refractivity contribution is 1.18. The van der Waals surface area contributed by atoms with E-state index in [2.05, 4.69) is 228 Å². The Kier molecular flexibility index (Phi) is 7.85. The molecule has 0 spiro atoms. The number of para-hydroxylation sites is 2. The molecule has 0 saturated heterocycles. The van der Waals surface area contributed by atoms with Crippen molar-refractivity contribution < 1.29 is 0 Å². The zero-order valence-electron chi connectivity index (χ0n) is 32.7. The first-order chi connectivity index (χ1) is 29.7. The number of pyridine rings is 1. The van der Waals surface area contributed by atoms with E-state index in [1.165, 1.54) is 76.8 Å². The van der Waals surface area contributed by atoms with Gasteiger partial charge >= 0.3 is 0 Å². The van der Waals surface area contributed by atoms with Crippen LogP contribution in [-0.2, 0) is 0 Å². The van der Waals surface area contributed by atoms with E-state index in [9.17, 15) is 0 Å². The Balaban J connectivity index is 0.998. The quantitative estimate of drug-likeness (QED) is 0.165. The van der Waals surface area contributed by atoms with Gasteiger partial charge in [0.25, 0.3) is 0 Å². The van der Waals surface area contributed by atoms with Crippen LogP contribution in [-0.4, -0.2) is 14.1 Å². The van der Waals surface area contributed by atoms with Gasteiger partial charge in [0.15, 0.2) is 0 Å². The standard InChI is InChI=1S/C57H37N3/c1-3-14-38(15-4-1)44-34-51(40-17-5-2-6-18-40)58-52(35-44)41-26-30-45(31-27-41)59-54-23-11-9-21-47(54)49-32-28-42(36-56(49)59)43-29-33-50-48-22-10-12-24-55(48)60(57(50)37-43)53-25-13-19-39-16-7-8-20-46(39)53/h1-37H. The van der Waals surface area contributed by atoms with Crippen molar-refractivity contribution in [1.29, 1.82) is 0 Å². The van der Waals surface area contributed by atoms with Gasteiger partial charge in [0.1, 0.15) is 0 Å². The van der Waals surface area contributed by atoms with Gasteiger partial charge in [0, 0.05) is 43.7 Å². The largest absolute Gasteiger partial charge is 0.309 e. The van der Waals surface area contributed by atoms with E-state index in [1.807, 2.05) is 6.07 Å². The lowest BCUT2D eigenvalue weighted by atomic mass is 10.00. The van der Waals surface area contributed by atoms with E-state index in [1.54, 1.807) is 0 Å². The number of fused-ring (bicyclic) bond motifs is 7. The SMILES string of the molecule is c1ccc(-c2cc(-c3ccccc3)nc(-c3ccc(-n4c5ccccc5c5ccc(-c6ccc7c8ccccc8n(-c8cccc9ccccc89)c7c6)cc54)cc3)c2)cc1. The molecular formula is C57H37N3. The van der Waals surface area contributed by atoms with Gasteiger partial charge in [0.2, 0.25) is 0 Å². The molecule has 12 aromatic rings. The van der Waals surface area contributed by atoms with Crippen LogP contribution in [0, 0.1) is 0 Å². The van der Waals surface area contributed by atoms with Crippen molar-refractivity contribution in [3.05, 3.63) is 224 Å². The summed E-state index contributed by atoms with van der Waals surface area (Å²) in [7, 11) is 0. The molecular weight excluding hydrogens is 727 g/mol. The van der Waals surface area contributed by atoms with E-state index in [4.69, 9.17) is 4.98 Å². The third kappa shape index (κ3) is 5.55. The summed E-state index contributed by atoms with van der Waals surface area (Å²) in [5, 5.41) is 7.44. The van der Waals surface area contributed by atoms with Crippen LogP contribution < -0.4 is 0 Å². The number of hydrogen-bond donors (Lipinski definition) is 0. The van der Waals surface area contributed by atoms with Crippen LogP contribution in [0.25, 0.3) is 111 Å². The van der Waals surface area contributed by atoms with Crippen molar-refractivity contribution >= 4 is 54.4 Å². The van der Waals surface area contributed by atoms with Gasteiger partial charge in [0.05, 0.1) is 39.1 Å². The van der Waals surface area contributed by atoms with Crippen LogP contribution in [0.1, 0.15) is 0 Å². The second-order valence-corrected chi connectivity index (χ2v) is 15.6. The summed E-state index contributed by atoms with van der Waals surface area (Å²) in [6.07, 6.45) is 0. The van der Waals surface area contributed by atoms with Crippen LogP contribution in [0.15, 0.2) is 224 Å². The van der Waals surface area contributed by atoms with Gasteiger partial charge in [-0.15, -0.1) is 0 Å². The zero-order chi connectivity index (χ0) is 39.6. The van der Waals surface area contributed by atoms with E-state index >= 15 is 0 Å². The molecule has 0 amide bonds. The summed E-state index contributed by atoms with van der Waals surface area (Å²) >= 11 is 0. The smallest absolute Gasteiger partial charge is 0.0715 e. The van der Waals surface area contributed by atoms with Gasteiger partial charge in [-0.05, 0) is 82.2 Å². The molecule has 0 N–H and O–H groups in total. The Morgan fingerprint density at radius 2 is 0.733 bits per heavy atom. The Morgan fingerprint density at radius 3 is 1.38 bits per heavy atom. The first kappa shape index (κ1) is 34.1. The van der Waals surface area contributed by atoms with Crippen molar-refractivity contribution in [2.45, 2.75) is 0 Å². The highest BCUT2D eigenvalue weighted by atomic mass is 15.0. The second-order valence-electron chi connectivity index (χ2n) is 15.6. The first-order valence-corrected chi connectivity index (χ1v) is 20.5. The van der Waals surface area contributed by atoms with Crippen molar-refractivity contribution in [2.24, 2.45) is 0 Å². The van der Waals surface area contributed by atoms with E-state index < -0.39 is 0 Å². The molecule has 0 radical (unpaired) electrons. The van der Waals surface area contributed by atoms with Gasteiger partial charge < -0.3 is 9.13 Å². The minimum Gasteiger partial charge on any atom is -0.309 e. The summed E-state index contributed by atoms with van der Waals surface area (Å²) in [5.41, 5.74) is 15.8. The molecule has 3 heteroatoms. The summed E-state index contributed by atoms with van der Waals surface area (Å²) < 4.78 is 4.85. The van der Waals surface area contributed by atoms with Crippen molar-refractivity contribution in [2.75, 3.05) is 0 Å². The fraction of sp³-hybridized carbons (Fsp3) is 0. The van der Waals surface area contributed by atoms with E-state index in [0.29, 0.717) is 0 Å². The number of hydrogen-bond acceptors (Lipinski definition) is 1. The number of aromatic nitrogens is 3. The highest BCUT2D eigenvalue weighted by Gasteiger charge is 2.18. The predicted octanol–water partition coefficient (Wildman–Crippen LogP) is 15.1. The fourth-order valence-corrected chi connectivity index (χ4v) is 9.26. The molecule has 12 rings (SSSR count). The third-order valence-electron chi connectivity index (χ3n) is 12.1. The van der Waals surface area contributed by atoms with Gasteiger partial charge in [-0.25, -0.2) is 4.98 Å². The van der Waals surface area contributed by atoms with Gasteiger partial charge in [-0.1, -0.05) is 170 Å². The Bertz CT molecular complexity index is 3510. The Labute approximate surface area is 347 Å². The molecule has 0 saturated carbocycles.